The second-order valence-electron chi connectivity index (χ2n) is 5.11. The van der Waals surface area contributed by atoms with Gasteiger partial charge >= 0.3 is 0 Å². The molecule has 2 aromatic carbocycles. The van der Waals surface area contributed by atoms with Gasteiger partial charge in [-0.15, -0.1) is 0 Å². The van der Waals surface area contributed by atoms with Crippen LogP contribution in [0.5, 0.6) is 0 Å². The van der Waals surface area contributed by atoms with Crippen LogP contribution in [0.15, 0.2) is 71.2 Å². The van der Waals surface area contributed by atoms with Gasteiger partial charge in [0.15, 0.2) is 0 Å². The summed E-state index contributed by atoms with van der Waals surface area (Å²) in [5.74, 6) is 0. The third-order valence-electron chi connectivity index (χ3n) is 3.70. The number of allylic oxidation sites excluding steroid dienone is 1. The molecule has 2 heteroatoms. The van der Waals surface area contributed by atoms with Gasteiger partial charge in [0.25, 0.3) is 0 Å². The molecule has 0 saturated carbocycles. The molecule has 0 amide bonds. The van der Waals surface area contributed by atoms with Gasteiger partial charge in [-0.05, 0) is 55.7 Å². The van der Waals surface area contributed by atoms with Crippen LogP contribution in [-0.4, -0.2) is 6.04 Å². The molecule has 1 aliphatic rings. The zero-order chi connectivity index (χ0) is 13.8. The second kappa shape index (κ2) is 6.27. The zero-order valence-electron chi connectivity index (χ0n) is 11.4. The number of nitrogens with zero attached hydrogens (tertiary/aromatic N) is 1. The van der Waals surface area contributed by atoms with Crippen LogP contribution < -0.4 is 4.90 Å². The number of anilines is 2. The van der Waals surface area contributed by atoms with E-state index in [1.54, 1.807) is 0 Å². The Labute approximate surface area is 129 Å². The van der Waals surface area contributed by atoms with Gasteiger partial charge in [0.05, 0.1) is 6.04 Å². The quantitative estimate of drug-likeness (QED) is 0.654. The lowest BCUT2D eigenvalue weighted by atomic mass is 10.00. The second-order valence-corrected chi connectivity index (χ2v) is 6.02. The van der Waals surface area contributed by atoms with E-state index in [1.807, 2.05) is 0 Å². The predicted molar refractivity (Wildman–Crippen MR) is 89.5 cm³/mol. The smallest absolute Gasteiger partial charge is 0.0522 e. The molecule has 0 aliphatic heterocycles. The maximum absolute atomic E-state index is 3.51. The van der Waals surface area contributed by atoms with Crippen LogP contribution in [0.3, 0.4) is 0 Å². The van der Waals surface area contributed by atoms with Gasteiger partial charge in [-0.3, -0.25) is 0 Å². The van der Waals surface area contributed by atoms with Gasteiger partial charge in [0.2, 0.25) is 0 Å². The molecule has 0 fully saturated rings. The summed E-state index contributed by atoms with van der Waals surface area (Å²) in [7, 11) is 0. The molecule has 1 aliphatic carbocycles. The summed E-state index contributed by atoms with van der Waals surface area (Å²) in [5, 5.41) is 0. The number of halogens is 1. The standard InChI is InChI=1S/C18H18BrN/c19-15-11-13-18(14-12-15)20(16-7-3-1-4-8-16)17-9-5-2-6-10-17/h1,3-5,7-9,11-14,17H,2,6,10H2. The highest BCUT2D eigenvalue weighted by atomic mass is 79.9. The van der Waals surface area contributed by atoms with E-state index in [1.165, 1.54) is 30.6 Å². The van der Waals surface area contributed by atoms with E-state index < -0.39 is 0 Å². The summed E-state index contributed by atoms with van der Waals surface area (Å²) in [6.07, 6.45) is 8.34. The average molecular weight is 328 g/mol. The van der Waals surface area contributed by atoms with Gasteiger partial charge < -0.3 is 4.90 Å². The largest absolute Gasteiger partial charge is 0.335 e. The molecule has 0 N–H and O–H groups in total. The zero-order valence-corrected chi connectivity index (χ0v) is 13.0. The highest BCUT2D eigenvalue weighted by Crippen LogP contribution is 2.32. The molecule has 20 heavy (non-hydrogen) atoms. The molecule has 2 aromatic rings. The maximum Gasteiger partial charge on any atom is 0.0522 e. The van der Waals surface area contributed by atoms with Crippen molar-refractivity contribution >= 4 is 27.3 Å². The lowest BCUT2D eigenvalue weighted by Gasteiger charge is -2.33. The Morgan fingerprint density at radius 2 is 1.60 bits per heavy atom. The maximum atomic E-state index is 3.51. The molecule has 0 bridgehead atoms. The first-order valence-corrected chi connectivity index (χ1v) is 7.90. The molecule has 0 spiro atoms. The SMILES string of the molecule is Brc1ccc(N(c2ccccc2)C2C=CCCC2)cc1. The molecular formula is C18H18BrN. The van der Waals surface area contributed by atoms with E-state index in [2.05, 4.69) is 87.6 Å². The predicted octanol–water partition coefficient (Wildman–Crippen LogP) is 5.70. The Morgan fingerprint density at radius 3 is 2.25 bits per heavy atom. The van der Waals surface area contributed by atoms with E-state index in [4.69, 9.17) is 0 Å². The summed E-state index contributed by atoms with van der Waals surface area (Å²) in [5.41, 5.74) is 2.50. The summed E-state index contributed by atoms with van der Waals surface area (Å²) in [4.78, 5) is 2.43. The van der Waals surface area contributed by atoms with E-state index in [0.717, 1.165) is 4.47 Å². The van der Waals surface area contributed by atoms with Gasteiger partial charge in [-0.25, -0.2) is 0 Å². The number of para-hydroxylation sites is 1. The molecule has 0 saturated heterocycles. The lowest BCUT2D eigenvalue weighted by Crippen LogP contribution is -2.30. The fourth-order valence-corrected chi connectivity index (χ4v) is 3.00. The summed E-state index contributed by atoms with van der Waals surface area (Å²) < 4.78 is 1.12. The Kier molecular flexibility index (Phi) is 4.22. The Hall–Kier alpha value is -1.54. The molecule has 0 radical (unpaired) electrons. The highest BCUT2D eigenvalue weighted by Gasteiger charge is 2.19. The van der Waals surface area contributed by atoms with Crippen molar-refractivity contribution in [1.82, 2.24) is 0 Å². The van der Waals surface area contributed by atoms with E-state index in [-0.39, 0.29) is 0 Å². The van der Waals surface area contributed by atoms with Crippen molar-refractivity contribution in [3.05, 3.63) is 71.2 Å². The molecule has 3 rings (SSSR count). The first-order valence-electron chi connectivity index (χ1n) is 7.11. The molecular weight excluding hydrogens is 310 g/mol. The van der Waals surface area contributed by atoms with E-state index in [9.17, 15) is 0 Å². The van der Waals surface area contributed by atoms with Crippen molar-refractivity contribution < 1.29 is 0 Å². The third-order valence-corrected chi connectivity index (χ3v) is 4.23. The van der Waals surface area contributed by atoms with Crippen LogP contribution in [-0.2, 0) is 0 Å². The number of hydrogen-bond donors (Lipinski definition) is 0. The van der Waals surface area contributed by atoms with E-state index >= 15 is 0 Å². The lowest BCUT2D eigenvalue weighted by molar-refractivity contribution is 0.631. The topological polar surface area (TPSA) is 3.24 Å². The van der Waals surface area contributed by atoms with Crippen LogP contribution in [0.25, 0.3) is 0 Å². The number of benzene rings is 2. The first kappa shape index (κ1) is 13.4. The molecule has 1 unspecified atom stereocenters. The Balaban J connectivity index is 2.01. The van der Waals surface area contributed by atoms with Crippen molar-refractivity contribution in [2.24, 2.45) is 0 Å². The minimum atomic E-state index is 0.451. The normalized spacial score (nSPS) is 17.9. The number of hydrogen-bond acceptors (Lipinski definition) is 1. The van der Waals surface area contributed by atoms with Gasteiger partial charge in [-0.1, -0.05) is 46.3 Å². The van der Waals surface area contributed by atoms with Crippen molar-refractivity contribution in [2.45, 2.75) is 25.3 Å². The van der Waals surface area contributed by atoms with Crippen molar-refractivity contribution in [3.63, 3.8) is 0 Å². The fraction of sp³-hybridized carbons (Fsp3) is 0.222. The molecule has 1 atom stereocenters. The fourth-order valence-electron chi connectivity index (χ4n) is 2.73. The van der Waals surface area contributed by atoms with Crippen LogP contribution in [0.4, 0.5) is 11.4 Å². The third kappa shape index (κ3) is 2.96. The molecule has 102 valence electrons. The average Bonchev–Trinajstić information content (AvgIpc) is 2.52. The highest BCUT2D eigenvalue weighted by molar-refractivity contribution is 9.10. The minimum Gasteiger partial charge on any atom is -0.335 e. The van der Waals surface area contributed by atoms with Gasteiger partial charge in [0.1, 0.15) is 0 Å². The Morgan fingerprint density at radius 1 is 0.900 bits per heavy atom. The summed E-state index contributed by atoms with van der Waals surface area (Å²) >= 11 is 3.51. The monoisotopic (exact) mass is 327 g/mol. The molecule has 0 heterocycles. The Bertz CT molecular complexity index is 574. The van der Waals surface area contributed by atoms with Crippen molar-refractivity contribution in [1.29, 1.82) is 0 Å². The van der Waals surface area contributed by atoms with Crippen LogP contribution in [0.1, 0.15) is 19.3 Å². The van der Waals surface area contributed by atoms with Crippen LogP contribution in [0.2, 0.25) is 0 Å². The van der Waals surface area contributed by atoms with Crippen LogP contribution >= 0.6 is 15.9 Å². The van der Waals surface area contributed by atoms with Gasteiger partial charge in [-0.2, -0.15) is 0 Å². The summed E-state index contributed by atoms with van der Waals surface area (Å²) in [6.45, 7) is 0. The van der Waals surface area contributed by atoms with Gasteiger partial charge in [0, 0.05) is 15.8 Å². The van der Waals surface area contributed by atoms with Crippen molar-refractivity contribution in [2.75, 3.05) is 4.90 Å². The van der Waals surface area contributed by atoms with E-state index in [0.29, 0.717) is 6.04 Å². The van der Waals surface area contributed by atoms with Crippen molar-refractivity contribution in [3.8, 4) is 0 Å². The number of rotatable bonds is 3. The van der Waals surface area contributed by atoms with Crippen LogP contribution in [0, 0.1) is 0 Å². The minimum absolute atomic E-state index is 0.451. The molecule has 0 aromatic heterocycles. The molecule has 1 nitrogen and oxygen atoms in total. The first-order chi connectivity index (χ1) is 9.84. The summed E-state index contributed by atoms with van der Waals surface area (Å²) in [6, 6.07) is 19.7.